The molecule has 5 heterocycles. The summed E-state index contributed by atoms with van der Waals surface area (Å²) in [4.78, 5) is 23.8. The van der Waals surface area contributed by atoms with Gasteiger partial charge in [0.25, 0.3) is 0 Å². The zero-order chi connectivity index (χ0) is 23.9. The molecule has 0 radical (unpaired) electrons. The summed E-state index contributed by atoms with van der Waals surface area (Å²) in [5.74, 6) is 0. The summed E-state index contributed by atoms with van der Waals surface area (Å²) < 4.78 is 13.8. The van der Waals surface area contributed by atoms with Gasteiger partial charge in [0.15, 0.2) is 0 Å². The van der Waals surface area contributed by atoms with Gasteiger partial charge in [-0.2, -0.15) is 0 Å². The molecule has 0 aliphatic carbocycles. The van der Waals surface area contributed by atoms with E-state index in [1.165, 1.54) is 0 Å². The highest BCUT2D eigenvalue weighted by molar-refractivity contribution is 6.30. The number of likely N-dealkylation sites (tertiary alicyclic amines) is 1. The maximum atomic E-state index is 12.5. The Hall–Kier alpha value is -2.64. The molecular weight excluding hydrogens is 452 g/mol. The van der Waals surface area contributed by atoms with Gasteiger partial charge in [-0.05, 0) is 64.3 Å². The Bertz CT molecular complexity index is 1190. The highest BCUT2D eigenvalue weighted by Crippen LogP contribution is 2.45. The first-order chi connectivity index (χ1) is 16.2. The lowest BCUT2D eigenvalue weighted by Crippen LogP contribution is -2.48. The second-order valence-electron chi connectivity index (χ2n) is 10.4. The summed E-state index contributed by atoms with van der Waals surface area (Å²) in [6.45, 7) is 7.86. The van der Waals surface area contributed by atoms with Gasteiger partial charge < -0.3 is 14.4 Å². The van der Waals surface area contributed by atoms with E-state index < -0.39 is 5.60 Å². The van der Waals surface area contributed by atoms with E-state index in [9.17, 15) is 4.79 Å². The summed E-state index contributed by atoms with van der Waals surface area (Å²) in [6, 6.07) is 9.83. The molecule has 0 N–H and O–H groups in total. The van der Waals surface area contributed by atoms with E-state index in [1.807, 2.05) is 66.7 Å². The molecule has 2 aliphatic rings. The van der Waals surface area contributed by atoms with Crippen LogP contribution >= 0.6 is 11.6 Å². The lowest BCUT2D eigenvalue weighted by molar-refractivity contribution is -0.0112. The van der Waals surface area contributed by atoms with Gasteiger partial charge in [0.1, 0.15) is 11.2 Å². The Morgan fingerprint density at radius 2 is 2.00 bits per heavy atom. The number of carbonyl (C=O) groups excluding carboxylic acids is 1. The average Bonchev–Trinajstić information content (AvgIpc) is 3.37. The van der Waals surface area contributed by atoms with Crippen molar-refractivity contribution in [2.45, 2.75) is 58.2 Å². The smallest absolute Gasteiger partial charge is 0.410 e. The topological polar surface area (TPSA) is 69.0 Å². The molecule has 34 heavy (non-hydrogen) atoms. The minimum Gasteiger partial charge on any atom is -0.444 e. The van der Waals surface area contributed by atoms with Crippen LogP contribution in [0.2, 0.25) is 5.02 Å². The maximum Gasteiger partial charge on any atom is 0.410 e. The third-order valence-corrected chi connectivity index (χ3v) is 7.17. The van der Waals surface area contributed by atoms with Crippen LogP contribution in [0.15, 0.2) is 42.7 Å². The van der Waals surface area contributed by atoms with Crippen LogP contribution in [0.4, 0.5) is 4.79 Å². The molecule has 2 saturated heterocycles. The maximum absolute atomic E-state index is 12.5. The third kappa shape index (κ3) is 4.64. The minimum absolute atomic E-state index is 0.0764. The van der Waals surface area contributed by atoms with Crippen molar-refractivity contribution >= 4 is 23.3 Å². The molecule has 1 spiro atoms. The first-order valence-corrected chi connectivity index (χ1v) is 12.3. The van der Waals surface area contributed by atoms with Crippen LogP contribution in [-0.4, -0.2) is 56.8 Å². The number of pyridine rings is 2. The van der Waals surface area contributed by atoms with Crippen LogP contribution in [0, 0.1) is 5.41 Å². The van der Waals surface area contributed by atoms with Crippen LogP contribution in [0.5, 0.6) is 0 Å². The Labute approximate surface area is 205 Å². The normalized spacial score (nSPS) is 20.2. The number of aromatic nitrogens is 3. The standard InChI is InChI=1S/C26H31ClN4O3/c1-25(2,3)34-24(32)30-12-9-26(10-13-30)11-14-33-22(26)15-19-5-4-6-20(29-19)21-16-28-23-8-7-18(27)17-31(21)23/h4-8,16-17,22H,9-15H2,1-3H3. The Kier molecular flexibility index (Phi) is 6.02. The molecule has 1 amide bonds. The second kappa shape index (κ2) is 8.86. The van der Waals surface area contributed by atoms with Gasteiger partial charge >= 0.3 is 6.09 Å². The number of hydrogen-bond donors (Lipinski definition) is 0. The molecule has 3 aromatic rings. The van der Waals surface area contributed by atoms with Gasteiger partial charge in [0.2, 0.25) is 0 Å². The van der Waals surface area contributed by atoms with Gasteiger partial charge in [-0.25, -0.2) is 9.78 Å². The van der Waals surface area contributed by atoms with Crippen molar-refractivity contribution in [3.63, 3.8) is 0 Å². The fraction of sp³-hybridized carbons (Fsp3) is 0.500. The third-order valence-electron chi connectivity index (χ3n) is 6.95. The number of imidazole rings is 1. The van der Waals surface area contributed by atoms with Gasteiger partial charge in [-0.3, -0.25) is 9.38 Å². The van der Waals surface area contributed by atoms with Gasteiger partial charge in [-0.1, -0.05) is 17.7 Å². The van der Waals surface area contributed by atoms with E-state index in [1.54, 1.807) is 0 Å². The predicted molar refractivity (Wildman–Crippen MR) is 131 cm³/mol. The molecule has 2 aliphatic heterocycles. The van der Waals surface area contributed by atoms with E-state index in [0.29, 0.717) is 18.1 Å². The van der Waals surface area contributed by atoms with Crippen molar-refractivity contribution in [3.8, 4) is 11.4 Å². The number of halogens is 1. The summed E-state index contributed by atoms with van der Waals surface area (Å²) in [5.41, 5.74) is 3.20. The largest absolute Gasteiger partial charge is 0.444 e. The van der Waals surface area contributed by atoms with Crippen LogP contribution in [0.1, 0.15) is 45.7 Å². The monoisotopic (exact) mass is 482 g/mol. The summed E-state index contributed by atoms with van der Waals surface area (Å²) in [7, 11) is 0. The highest BCUT2D eigenvalue weighted by Gasteiger charge is 2.46. The van der Waals surface area contributed by atoms with Gasteiger partial charge in [-0.15, -0.1) is 0 Å². The highest BCUT2D eigenvalue weighted by atomic mass is 35.5. The second-order valence-corrected chi connectivity index (χ2v) is 10.8. The van der Waals surface area contributed by atoms with Gasteiger partial charge in [0.05, 0.1) is 28.7 Å². The van der Waals surface area contributed by atoms with Crippen molar-refractivity contribution in [2.75, 3.05) is 19.7 Å². The average molecular weight is 483 g/mol. The number of hydrogen-bond acceptors (Lipinski definition) is 5. The first-order valence-electron chi connectivity index (χ1n) is 11.9. The quantitative estimate of drug-likeness (QED) is 0.500. The number of nitrogens with zero attached hydrogens (tertiary/aromatic N) is 4. The number of ether oxygens (including phenoxy) is 2. The van der Waals surface area contributed by atoms with Crippen molar-refractivity contribution in [3.05, 3.63) is 53.4 Å². The number of piperidine rings is 1. The van der Waals surface area contributed by atoms with E-state index in [2.05, 4.69) is 11.1 Å². The number of amides is 1. The molecule has 5 rings (SSSR count). The van der Waals surface area contributed by atoms with Crippen molar-refractivity contribution in [1.29, 1.82) is 0 Å². The number of fused-ring (bicyclic) bond motifs is 1. The van der Waals surface area contributed by atoms with Crippen LogP contribution in [0.3, 0.4) is 0 Å². The Morgan fingerprint density at radius 3 is 2.76 bits per heavy atom. The molecule has 1 unspecified atom stereocenters. The fourth-order valence-electron chi connectivity index (χ4n) is 5.12. The molecular formula is C26H31ClN4O3. The number of carbonyl (C=O) groups is 1. The molecule has 0 aromatic carbocycles. The van der Waals surface area contributed by atoms with Crippen LogP contribution < -0.4 is 0 Å². The minimum atomic E-state index is -0.478. The van der Waals surface area contributed by atoms with Crippen LogP contribution in [-0.2, 0) is 15.9 Å². The predicted octanol–water partition coefficient (Wildman–Crippen LogP) is 5.40. The van der Waals surface area contributed by atoms with E-state index in [4.69, 9.17) is 26.1 Å². The van der Waals surface area contributed by atoms with E-state index >= 15 is 0 Å². The van der Waals surface area contributed by atoms with Crippen molar-refractivity contribution in [1.82, 2.24) is 19.3 Å². The van der Waals surface area contributed by atoms with Crippen LogP contribution in [0.25, 0.3) is 17.0 Å². The van der Waals surface area contributed by atoms with Gasteiger partial charge in [0, 0.05) is 43.4 Å². The van der Waals surface area contributed by atoms with E-state index in [0.717, 1.165) is 55.0 Å². The number of rotatable bonds is 3. The van der Waals surface area contributed by atoms with Crippen molar-refractivity contribution < 1.29 is 14.3 Å². The summed E-state index contributed by atoms with van der Waals surface area (Å²) in [5, 5.41) is 0.655. The molecule has 7 nitrogen and oxygen atoms in total. The summed E-state index contributed by atoms with van der Waals surface area (Å²) in [6.07, 6.45) is 7.17. The lowest BCUT2D eigenvalue weighted by atomic mass is 9.72. The first kappa shape index (κ1) is 23.1. The molecule has 0 saturated carbocycles. The Balaban J connectivity index is 1.30. The fourth-order valence-corrected chi connectivity index (χ4v) is 5.28. The Morgan fingerprint density at radius 1 is 1.21 bits per heavy atom. The molecule has 1 atom stereocenters. The van der Waals surface area contributed by atoms with Crippen molar-refractivity contribution in [2.24, 2.45) is 5.41 Å². The molecule has 180 valence electrons. The van der Waals surface area contributed by atoms with E-state index in [-0.39, 0.29) is 17.6 Å². The molecule has 8 heteroatoms. The lowest BCUT2D eigenvalue weighted by Gasteiger charge is -2.42. The zero-order valence-corrected chi connectivity index (χ0v) is 20.7. The molecule has 2 fully saturated rings. The SMILES string of the molecule is CC(C)(C)OC(=O)N1CCC2(CCOC2Cc2cccc(-c3cnc4ccc(Cl)cn34)n2)CC1. The summed E-state index contributed by atoms with van der Waals surface area (Å²) >= 11 is 6.21. The molecule has 3 aromatic heterocycles. The molecule has 0 bridgehead atoms. The zero-order valence-electron chi connectivity index (χ0n) is 20.0.